The molecule has 0 aromatic carbocycles. The summed E-state index contributed by atoms with van der Waals surface area (Å²) < 4.78 is 4.77. The number of rotatable bonds is 4. The van der Waals surface area contributed by atoms with Crippen LogP contribution in [0.25, 0.3) is 0 Å². The second-order valence-electron chi connectivity index (χ2n) is 3.65. The topological polar surface area (TPSA) is 52.1 Å². The Bertz CT molecular complexity index is 401. The summed E-state index contributed by atoms with van der Waals surface area (Å²) in [6.07, 6.45) is 1.47. The Morgan fingerprint density at radius 3 is 2.53 bits per heavy atom. The SMILES string of the molecule is CCCC(C(=O)OC)c1c(C)nc(Cl)nc1Cl. The molecule has 0 fully saturated rings. The molecule has 6 heteroatoms. The van der Waals surface area contributed by atoms with Crippen LogP contribution in [-0.2, 0) is 9.53 Å². The number of methoxy groups -OCH3 is 1. The quantitative estimate of drug-likeness (QED) is 0.482. The van der Waals surface area contributed by atoms with Crippen LogP contribution in [0.2, 0.25) is 10.4 Å². The molecule has 0 bridgehead atoms. The zero-order valence-corrected chi connectivity index (χ0v) is 11.5. The molecule has 0 N–H and O–H groups in total. The highest BCUT2D eigenvalue weighted by Gasteiger charge is 2.26. The minimum Gasteiger partial charge on any atom is -0.469 e. The van der Waals surface area contributed by atoms with Crippen LogP contribution in [0.15, 0.2) is 0 Å². The molecule has 1 heterocycles. The van der Waals surface area contributed by atoms with Crippen LogP contribution < -0.4 is 0 Å². The summed E-state index contributed by atoms with van der Waals surface area (Å²) in [5.41, 5.74) is 1.21. The van der Waals surface area contributed by atoms with E-state index in [4.69, 9.17) is 27.9 Å². The Morgan fingerprint density at radius 2 is 2.06 bits per heavy atom. The molecule has 17 heavy (non-hydrogen) atoms. The number of hydrogen-bond donors (Lipinski definition) is 0. The first-order valence-corrected chi connectivity index (χ1v) is 6.04. The van der Waals surface area contributed by atoms with Crippen molar-refractivity contribution in [3.63, 3.8) is 0 Å². The second-order valence-corrected chi connectivity index (χ2v) is 4.34. The average Bonchev–Trinajstić information content (AvgIpc) is 2.25. The Labute approximate surface area is 110 Å². The van der Waals surface area contributed by atoms with E-state index in [0.717, 1.165) is 6.42 Å². The number of hydrogen-bond acceptors (Lipinski definition) is 4. The molecule has 0 saturated carbocycles. The largest absolute Gasteiger partial charge is 0.469 e. The molecule has 0 aliphatic carbocycles. The molecule has 4 nitrogen and oxygen atoms in total. The fourth-order valence-electron chi connectivity index (χ4n) is 1.72. The van der Waals surface area contributed by atoms with Gasteiger partial charge in [-0.25, -0.2) is 9.97 Å². The van der Waals surface area contributed by atoms with Crippen molar-refractivity contribution < 1.29 is 9.53 Å². The lowest BCUT2D eigenvalue weighted by molar-refractivity contribution is -0.142. The smallest absolute Gasteiger partial charge is 0.313 e. The van der Waals surface area contributed by atoms with Gasteiger partial charge in [-0.2, -0.15) is 0 Å². The normalized spacial score (nSPS) is 12.3. The monoisotopic (exact) mass is 276 g/mol. The third-order valence-corrected chi connectivity index (χ3v) is 2.93. The van der Waals surface area contributed by atoms with E-state index in [9.17, 15) is 4.79 Å². The van der Waals surface area contributed by atoms with Crippen LogP contribution in [0.5, 0.6) is 0 Å². The van der Waals surface area contributed by atoms with Crippen molar-refractivity contribution in [3.8, 4) is 0 Å². The van der Waals surface area contributed by atoms with E-state index in [1.165, 1.54) is 7.11 Å². The van der Waals surface area contributed by atoms with E-state index < -0.39 is 5.92 Å². The van der Waals surface area contributed by atoms with Crippen LogP contribution in [0, 0.1) is 6.92 Å². The lowest BCUT2D eigenvalue weighted by Gasteiger charge is -2.16. The van der Waals surface area contributed by atoms with Gasteiger partial charge in [0.1, 0.15) is 5.15 Å². The zero-order valence-electron chi connectivity index (χ0n) is 9.96. The third kappa shape index (κ3) is 3.30. The molecule has 1 aromatic rings. The third-order valence-electron chi connectivity index (χ3n) is 2.47. The van der Waals surface area contributed by atoms with Gasteiger partial charge in [0.2, 0.25) is 5.28 Å². The maximum atomic E-state index is 11.7. The summed E-state index contributed by atoms with van der Waals surface area (Å²) >= 11 is 11.7. The minimum atomic E-state index is -0.435. The molecule has 1 rings (SSSR count). The lowest BCUT2D eigenvalue weighted by atomic mass is 9.94. The van der Waals surface area contributed by atoms with Gasteiger partial charge in [0, 0.05) is 11.3 Å². The van der Waals surface area contributed by atoms with Gasteiger partial charge >= 0.3 is 5.97 Å². The van der Waals surface area contributed by atoms with E-state index in [1.807, 2.05) is 6.92 Å². The van der Waals surface area contributed by atoms with Gasteiger partial charge in [0.25, 0.3) is 0 Å². The van der Waals surface area contributed by atoms with Crippen molar-refractivity contribution in [2.24, 2.45) is 0 Å². The lowest BCUT2D eigenvalue weighted by Crippen LogP contribution is -2.17. The standard InChI is InChI=1S/C11H14Cl2N2O2/c1-4-5-7(10(16)17-3)8-6(2)14-11(13)15-9(8)12/h7H,4-5H2,1-3H3. The first kappa shape index (κ1) is 14.2. The summed E-state index contributed by atoms with van der Waals surface area (Å²) in [7, 11) is 1.35. The highest BCUT2D eigenvalue weighted by molar-refractivity contribution is 6.32. The number of aryl methyl sites for hydroxylation is 1. The van der Waals surface area contributed by atoms with E-state index in [1.54, 1.807) is 6.92 Å². The van der Waals surface area contributed by atoms with E-state index >= 15 is 0 Å². The van der Waals surface area contributed by atoms with Gasteiger partial charge < -0.3 is 4.74 Å². The van der Waals surface area contributed by atoms with Crippen LogP contribution in [0.3, 0.4) is 0 Å². The number of aromatic nitrogens is 2. The van der Waals surface area contributed by atoms with Crippen molar-refractivity contribution in [2.45, 2.75) is 32.6 Å². The Kier molecular flexibility index (Phi) is 5.15. The zero-order chi connectivity index (χ0) is 13.0. The van der Waals surface area contributed by atoms with Gasteiger partial charge in [0.15, 0.2) is 0 Å². The fourth-order valence-corrected chi connectivity index (χ4v) is 2.32. The van der Waals surface area contributed by atoms with Crippen molar-refractivity contribution in [1.82, 2.24) is 9.97 Å². The molecule has 0 saturated heterocycles. The van der Waals surface area contributed by atoms with Crippen molar-refractivity contribution in [2.75, 3.05) is 7.11 Å². The maximum absolute atomic E-state index is 11.7. The number of halogens is 2. The molecule has 0 radical (unpaired) electrons. The van der Waals surface area contributed by atoms with Crippen molar-refractivity contribution in [1.29, 1.82) is 0 Å². The Balaban J connectivity index is 3.22. The van der Waals surface area contributed by atoms with Gasteiger partial charge in [-0.05, 0) is 24.9 Å². The molecule has 1 atom stereocenters. The first-order chi connectivity index (χ1) is 8.01. The van der Waals surface area contributed by atoms with Gasteiger partial charge in [-0.15, -0.1) is 0 Å². The average molecular weight is 277 g/mol. The number of carbonyl (C=O) groups is 1. The number of ether oxygens (including phenoxy) is 1. The van der Waals surface area contributed by atoms with Crippen LogP contribution >= 0.6 is 23.2 Å². The van der Waals surface area contributed by atoms with Crippen molar-refractivity contribution in [3.05, 3.63) is 21.7 Å². The molecule has 0 spiro atoms. The predicted octanol–water partition coefficient (Wildman–Crippen LogP) is 3.15. The highest BCUT2D eigenvalue weighted by Crippen LogP contribution is 2.30. The fraction of sp³-hybridized carbons (Fsp3) is 0.545. The number of nitrogens with zero attached hydrogens (tertiary/aromatic N) is 2. The number of esters is 1. The molecular weight excluding hydrogens is 263 g/mol. The molecule has 1 unspecified atom stereocenters. The highest BCUT2D eigenvalue weighted by atomic mass is 35.5. The summed E-state index contributed by atoms with van der Waals surface area (Å²) in [5, 5.41) is 0.294. The van der Waals surface area contributed by atoms with Gasteiger partial charge in [0.05, 0.1) is 13.0 Å². The molecule has 94 valence electrons. The molecular formula is C11H14Cl2N2O2. The summed E-state index contributed by atoms with van der Waals surface area (Å²) in [5.74, 6) is -0.766. The summed E-state index contributed by atoms with van der Waals surface area (Å²) in [6.45, 7) is 3.73. The minimum absolute atomic E-state index is 0.0800. The maximum Gasteiger partial charge on any atom is 0.313 e. The van der Waals surface area contributed by atoms with E-state index in [2.05, 4.69) is 9.97 Å². The second kappa shape index (κ2) is 6.17. The predicted molar refractivity (Wildman–Crippen MR) is 66.5 cm³/mol. The molecule has 0 amide bonds. The van der Waals surface area contributed by atoms with Gasteiger partial charge in [-0.3, -0.25) is 4.79 Å². The Morgan fingerprint density at radius 1 is 1.41 bits per heavy atom. The molecule has 1 aromatic heterocycles. The summed E-state index contributed by atoms with van der Waals surface area (Å²) in [6, 6.07) is 0. The first-order valence-electron chi connectivity index (χ1n) is 5.28. The molecule has 0 aliphatic heterocycles. The van der Waals surface area contributed by atoms with E-state index in [-0.39, 0.29) is 16.4 Å². The molecule has 0 aliphatic rings. The Hall–Kier alpha value is -0.870. The van der Waals surface area contributed by atoms with Gasteiger partial charge in [-0.1, -0.05) is 24.9 Å². The van der Waals surface area contributed by atoms with Crippen LogP contribution in [0.1, 0.15) is 36.9 Å². The van der Waals surface area contributed by atoms with Crippen LogP contribution in [-0.4, -0.2) is 23.0 Å². The number of carbonyl (C=O) groups excluding carboxylic acids is 1. The van der Waals surface area contributed by atoms with Crippen molar-refractivity contribution >= 4 is 29.2 Å². The van der Waals surface area contributed by atoms with Crippen LogP contribution in [0.4, 0.5) is 0 Å². The summed E-state index contributed by atoms with van der Waals surface area (Å²) in [4.78, 5) is 19.6. The van der Waals surface area contributed by atoms with E-state index in [0.29, 0.717) is 17.7 Å².